The molecule has 1 aromatic carbocycles. The predicted octanol–water partition coefficient (Wildman–Crippen LogP) is 1.35. The van der Waals surface area contributed by atoms with Crippen LogP contribution in [0.25, 0.3) is 0 Å². The number of piperazine rings is 1. The fraction of sp³-hybridized carbons (Fsp3) is 0.538. The van der Waals surface area contributed by atoms with Crippen molar-refractivity contribution in [3.8, 4) is 0 Å². The Hall–Kier alpha value is -1.11. The number of rotatable bonds is 3. The lowest BCUT2D eigenvalue weighted by Gasteiger charge is -2.37. The Morgan fingerprint density at radius 1 is 1.05 bits per heavy atom. The standard InChI is InChI=1S/C13H18F3N3/c1-18-2-4-19(5-3-18)13(8-17)9-6-11(15)12(16)7-10(9)14/h6-7,13H,2-5,8,17H2,1H3. The molecule has 2 N–H and O–H groups in total. The Labute approximate surface area is 110 Å². The van der Waals surface area contributed by atoms with Crippen molar-refractivity contribution in [1.29, 1.82) is 0 Å². The van der Waals surface area contributed by atoms with Crippen molar-refractivity contribution < 1.29 is 13.2 Å². The summed E-state index contributed by atoms with van der Waals surface area (Å²) < 4.78 is 40.0. The second-order valence-corrected chi connectivity index (χ2v) is 4.88. The number of likely N-dealkylation sites (N-methyl/N-ethyl adjacent to an activating group) is 1. The number of benzene rings is 1. The van der Waals surface area contributed by atoms with Crippen molar-refractivity contribution in [1.82, 2.24) is 9.80 Å². The minimum absolute atomic E-state index is 0.131. The molecule has 3 nitrogen and oxygen atoms in total. The van der Waals surface area contributed by atoms with Gasteiger partial charge in [-0.1, -0.05) is 0 Å². The van der Waals surface area contributed by atoms with E-state index >= 15 is 0 Å². The molecule has 6 heteroatoms. The van der Waals surface area contributed by atoms with Gasteiger partial charge in [0.25, 0.3) is 0 Å². The highest BCUT2D eigenvalue weighted by Crippen LogP contribution is 2.25. The summed E-state index contributed by atoms with van der Waals surface area (Å²) in [5.41, 5.74) is 5.82. The van der Waals surface area contributed by atoms with E-state index in [2.05, 4.69) is 4.90 Å². The highest BCUT2D eigenvalue weighted by atomic mass is 19.2. The molecule has 1 aliphatic heterocycles. The van der Waals surface area contributed by atoms with Gasteiger partial charge in [0.15, 0.2) is 11.6 Å². The van der Waals surface area contributed by atoms with Crippen LogP contribution in [0, 0.1) is 17.5 Å². The number of nitrogens with zero attached hydrogens (tertiary/aromatic N) is 2. The van der Waals surface area contributed by atoms with E-state index in [-0.39, 0.29) is 12.1 Å². The predicted molar refractivity (Wildman–Crippen MR) is 67.2 cm³/mol. The third-order valence-electron chi connectivity index (χ3n) is 3.60. The summed E-state index contributed by atoms with van der Waals surface area (Å²) in [6, 6.07) is 1.09. The largest absolute Gasteiger partial charge is 0.329 e. The fourth-order valence-electron chi connectivity index (χ4n) is 2.40. The van der Waals surface area contributed by atoms with Crippen LogP contribution in [0.1, 0.15) is 11.6 Å². The van der Waals surface area contributed by atoms with Gasteiger partial charge < -0.3 is 10.6 Å². The minimum Gasteiger partial charge on any atom is -0.329 e. The van der Waals surface area contributed by atoms with E-state index in [1.54, 1.807) is 0 Å². The van der Waals surface area contributed by atoms with E-state index in [0.29, 0.717) is 6.07 Å². The third kappa shape index (κ3) is 3.08. The van der Waals surface area contributed by atoms with Crippen LogP contribution >= 0.6 is 0 Å². The van der Waals surface area contributed by atoms with E-state index < -0.39 is 23.5 Å². The van der Waals surface area contributed by atoms with E-state index in [1.807, 2.05) is 11.9 Å². The molecule has 1 unspecified atom stereocenters. The Morgan fingerprint density at radius 3 is 2.21 bits per heavy atom. The smallest absolute Gasteiger partial charge is 0.161 e. The van der Waals surface area contributed by atoms with Crippen LogP contribution in [0.4, 0.5) is 13.2 Å². The molecule has 1 fully saturated rings. The fourth-order valence-corrected chi connectivity index (χ4v) is 2.40. The Bertz CT molecular complexity index is 445. The van der Waals surface area contributed by atoms with Crippen molar-refractivity contribution in [3.05, 3.63) is 35.1 Å². The maximum atomic E-state index is 13.8. The van der Waals surface area contributed by atoms with Gasteiger partial charge in [0.05, 0.1) is 6.04 Å². The van der Waals surface area contributed by atoms with Gasteiger partial charge in [-0.05, 0) is 13.1 Å². The van der Waals surface area contributed by atoms with E-state index in [1.165, 1.54) is 0 Å². The highest BCUT2D eigenvalue weighted by Gasteiger charge is 2.26. The van der Waals surface area contributed by atoms with E-state index in [0.717, 1.165) is 32.2 Å². The average molecular weight is 273 g/mol. The molecule has 1 saturated heterocycles. The van der Waals surface area contributed by atoms with Crippen LogP contribution in [0.15, 0.2) is 12.1 Å². The zero-order valence-electron chi connectivity index (χ0n) is 10.9. The van der Waals surface area contributed by atoms with Gasteiger partial charge in [-0.2, -0.15) is 0 Å². The topological polar surface area (TPSA) is 32.5 Å². The van der Waals surface area contributed by atoms with Crippen LogP contribution in [0.5, 0.6) is 0 Å². The van der Waals surface area contributed by atoms with Crippen molar-refractivity contribution >= 4 is 0 Å². The molecule has 0 radical (unpaired) electrons. The monoisotopic (exact) mass is 273 g/mol. The first-order valence-electron chi connectivity index (χ1n) is 6.30. The molecule has 19 heavy (non-hydrogen) atoms. The lowest BCUT2D eigenvalue weighted by atomic mass is 10.0. The van der Waals surface area contributed by atoms with Gasteiger partial charge in [0.1, 0.15) is 5.82 Å². The molecule has 1 atom stereocenters. The first-order chi connectivity index (χ1) is 9.02. The molecule has 106 valence electrons. The Morgan fingerprint density at radius 2 is 1.63 bits per heavy atom. The first-order valence-corrected chi connectivity index (χ1v) is 6.30. The number of hydrogen-bond acceptors (Lipinski definition) is 3. The number of halogens is 3. The SMILES string of the molecule is CN1CCN(C(CN)c2cc(F)c(F)cc2F)CC1. The van der Waals surface area contributed by atoms with Crippen LogP contribution in [0.2, 0.25) is 0 Å². The Kier molecular flexibility index (Phi) is 4.44. The van der Waals surface area contributed by atoms with Gasteiger partial charge in [0, 0.05) is 44.4 Å². The maximum absolute atomic E-state index is 13.8. The molecular weight excluding hydrogens is 255 g/mol. The average Bonchev–Trinajstić information content (AvgIpc) is 2.38. The quantitative estimate of drug-likeness (QED) is 0.844. The van der Waals surface area contributed by atoms with Gasteiger partial charge in [0.2, 0.25) is 0 Å². The first kappa shape index (κ1) is 14.3. The van der Waals surface area contributed by atoms with Gasteiger partial charge in [-0.3, -0.25) is 4.90 Å². The third-order valence-corrected chi connectivity index (χ3v) is 3.60. The molecule has 0 saturated carbocycles. The molecule has 0 spiro atoms. The van der Waals surface area contributed by atoms with E-state index in [9.17, 15) is 13.2 Å². The van der Waals surface area contributed by atoms with Crippen LogP contribution in [-0.2, 0) is 0 Å². The maximum Gasteiger partial charge on any atom is 0.161 e. The lowest BCUT2D eigenvalue weighted by molar-refractivity contribution is 0.112. The summed E-state index contributed by atoms with van der Waals surface area (Å²) in [7, 11) is 2.01. The second kappa shape index (κ2) is 5.90. The van der Waals surface area contributed by atoms with Gasteiger partial charge >= 0.3 is 0 Å². The molecule has 1 aromatic rings. The Balaban J connectivity index is 2.24. The summed E-state index contributed by atoms with van der Waals surface area (Å²) in [4.78, 5) is 4.17. The second-order valence-electron chi connectivity index (χ2n) is 4.88. The number of hydrogen-bond donors (Lipinski definition) is 1. The highest BCUT2D eigenvalue weighted by molar-refractivity contribution is 5.24. The lowest BCUT2D eigenvalue weighted by Crippen LogP contribution is -2.47. The molecule has 1 heterocycles. The number of nitrogens with two attached hydrogens (primary N) is 1. The summed E-state index contributed by atoms with van der Waals surface area (Å²) in [6.07, 6.45) is 0. The van der Waals surface area contributed by atoms with Crippen LogP contribution < -0.4 is 5.73 Å². The molecule has 0 amide bonds. The molecule has 0 aromatic heterocycles. The summed E-state index contributed by atoms with van der Waals surface area (Å²) >= 11 is 0. The molecule has 0 bridgehead atoms. The summed E-state index contributed by atoms with van der Waals surface area (Å²) in [5, 5.41) is 0. The minimum atomic E-state index is -1.17. The zero-order chi connectivity index (χ0) is 14.0. The molecule has 1 aliphatic rings. The summed E-state index contributed by atoms with van der Waals surface area (Å²) in [5.74, 6) is -2.95. The van der Waals surface area contributed by atoms with Crippen LogP contribution in [0.3, 0.4) is 0 Å². The molecule has 0 aliphatic carbocycles. The van der Waals surface area contributed by atoms with Crippen LogP contribution in [-0.4, -0.2) is 49.6 Å². The molecule has 2 rings (SSSR count). The summed E-state index contributed by atoms with van der Waals surface area (Å²) in [6.45, 7) is 3.34. The van der Waals surface area contributed by atoms with Crippen molar-refractivity contribution in [2.24, 2.45) is 5.73 Å². The van der Waals surface area contributed by atoms with Crippen molar-refractivity contribution in [2.45, 2.75) is 6.04 Å². The normalized spacial score (nSPS) is 19.6. The molecular formula is C13H18F3N3. The van der Waals surface area contributed by atoms with Crippen molar-refractivity contribution in [2.75, 3.05) is 39.8 Å². The van der Waals surface area contributed by atoms with Gasteiger partial charge in [-0.25, -0.2) is 13.2 Å². The zero-order valence-corrected chi connectivity index (χ0v) is 10.9. The van der Waals surface area contributed by atoms with Crippen molar-refractivity contribution in [3.63, 3.8) is 0 Å². The van der Waals surface area contributed by atoms with Gasteiger partial charge in [-0.15, -0.1) is 0 Å². The van der Waals surface area contributed by atoms with E-state index in [4.69, 9.17) is 5.73 Å².